The number of thiophene rings is 1. The van der Waals surface area contributed by atoms with Crippen LogP contribution in [-0.2, 0) is 9.59 Å². The fraction of sp³-hybridized carbons (Fsp3) is 0.200. The first-order valence-electron chi connectivity index (χ1n) is 10.7. The molecule has 4 rings (SSSR count). The molecule has 0 radical (unpaired) electrons. The van der Waals surface area contributed by atoms with E-state index in [1.165, 1.54) is 11.3 Å². The van der Waals surface area contributed by atoms with Gasteiger partial charge in [0.25, 0.3) is 5.91 Å². The number of rotatable bonds is 6. The lowest BCUT2D eigenvalue weighted by Crippen LogP contribution is -2.34. The van der Waals surface area contributed by atoms with Crippen molar-refractivity contribution in [1.29, 1.82) is 0 Å². The molecule has 0 aliphatic heterocycles. The van der Waals surface area contributed by atoms with Gasteiger partial charge in [-0.15, -0.1) is 11.3 Å². The summed E-state index contributed by atoms with van der Waals surface area (Å²) in [5.41, 5.74) is 4.43. The second-order valence-corrected chi connectivity index (χ2v) is 9.37. The Morgan fingerprint density at radius 1 is 1.03 bits per heavy atom. The largest absolute Gasteiger partial charge is 0.481 e. The van der Waals surface area contributed by atoms with E-state index < -0.39 is 17.8 Å². The minimum Gasteiger partial charge on any atom is -0.481 e. The van der Waals surface area contributed by atoms with Crippen molar-refractivity contribution in [2.24, 2.45) is 16.9 Å². The van der Waals surface area contributed by atoms with Gasteiger partial charge in [0, 0.05) is 15.8 Å². The van der Waals surface area contributed by atoms with Gasteiger partial charge in [-0.25, -0.2) is 5.43 Å². The molecule has 0 bridgehead atoms. The molecular formula is C25H22ClN3O4S. The molecule has 2 aromatic carbocycles. The molecule has 34 heavy (non-hydrogen) atoms. The molecule has 2 atom stereocenters. The number of fused-ring (bicyclic) bond motifs is 1. The average Bonchev–Trinajstić information content (AvgIpc) is 3.19. The second kappa shape index (κ2) is 10.2. The first kappa shape index (κ1) is 23.7. The summed E-state index contributed by atoms with van der Waals surface area (Å²) >= 11 is 7.66. The highest BCUT2D eigenvalue weighted by molar-refractivity contribution is 7.21. The molecule has 1 aromatic heterocycles. The molecule has 3 N–H and O–H groups in total. The van der Waals surface area contributed by atoms with E-state index >= 15 is 0 Å². The van der Waals surface area contributed by atoms with Crippen molar-refractivity contribution in [3.05, 3.63) is 76.1 Å². The monoisotopic (exact) mass is 495 g/mol. The summed E-state index contributed by atoms with van der Waals surface area (Å²) in [5, 5.41) is 17.6. The number of aliphatic carboxylic acids is 1. The number of carbonyl (C=O) groups is 3. The highest BCUT2D eigenvalue weighted by Crippen LogP contribution is 2.35. The zero-order chi connectivity index (χ0) is 24.2. The van der Waals surface area contributed by atoms with E-state index in [1.807, 2.05) is 30.3 Å². The summed E-state index contributed by atoms with van der Waals surface area (Å²) in [6.45, 7) is 1.76. The second-order valence-electron chi connectivity index (χ2n) is 7.94. The van der Waals surface area contributed by atoms with Crippen molar-refractivity contribution < 1.29 is 19.5 Å². The molecule has 0 saturated heterocycles. The number of carbonyl (C=O) groups excluding carboxylic acids is 2. The molecule has 1 aliphatic carbocycles. The molecule has 0 saturated carbocycles. The van der Waals surface area contributed by atoms with Crippen LogP contribution < -0.4 is 10.7 Å². The van der Waals surface area contributed by atoms with Crippen LogP contribution in [0, 0.1) is 11.8 Å². The van der Waals surface area contributed by atoms with Gasteiger partial charge in [0.15, 0.2) is 0 Å². The maximum Gasteiger partial charge on any atom is 0.307 e. The van der Waals surface area contributed by atoms with Gasteiger partial charge in [0.05, 0.1) is 22.6 Å². The molecule has 1 aliphatic rings. The normalized spacial score (nSPS) is 18.0. The minimum absolute atomic E-state index is 0.317. The van der Waals surface area contributed by atoms with Gasteiger partial charge in [0.2, 0.25) is 5.91 Å². The lowest BCUT2D eigenvalue weighted by molar-refractivity contribution is -0.146. The van der Waals surface area contributed by atoms with Crippen LogP contribution >= 0.6 is 22.9 Å². The Hall–Kier alpha value is -3.49. The number of hydrazone groups is 1. The Bertz CT molecular complexity index is 1310. The molecule has 174 valence electrons. The number of halogens is 1. The Morgan fingerprint density at radius 3 is 2.38 bits per heavy atom. The molecule has 7 nitrogen and oxygen atoms in total. The highest BCUT2D eigenvalue weighted by Gasteiger charge is 2.33. The van der Waals surface area contributed by atoms with E-state index in [4.69, 9.17) is 11.6 Å². The third kappa shape index (κ3) is 5.03. The van der Waals surface area contributed by atoms with Gasteiger partial charge in [0.1, 0.15) is 4.88 Å². The van der Waals surface area contributed by atoms with Crippen molar-refractivity contribution in [3.63, 3.8) is 0 Å². The highest BCUT2D eigenvalue weighted by atomic mass is 35.5. The van der Waals surface area contributed by atoms with Crippen LogP contribution in [0.2, 0.25) is 5.02 Å². The summed E-state index contributed by atoms with van der Waals surface area (Å²) in [6.07, 6.45) is 4.39. The van der Waals surface area contributed by atoms with Crippen molar-refractivity contribution >= 4 is 62.2 Å². The number of nitrogens with one attached hydrogen (secondary N) is 2. The van der Waals surface area contributed by atoms with E-state index in [1.54, 1.807) is 37.3 Å². The molecule has 0 spiro atoms. The lowest BCUT2D eigenvalue weighted by atomic mass is 9.82. The topological polar surface area (TPSA) is 108 Å². The number of hydrogen-bond donors (Lipinski definition) is 3. The quantitative estimate of drug-likeness (QED) is 0.244. The molecule has 2 amide bonds. The van der Waals surface area contributed by atoms with Crippen molar-refractivity contribution in [1.82, 2.24) is 5.43 Å². The fourth-order valence-corrected chi connectivity index (χ4v) is 5.22. The third-order valence-corrected chi connectivity index (χ3v) is 7.40. The van der Waals surface area contributed by atoms with Crippen LogP contribution in [0.3, 0.4) is 0 Å². The zero-order valence-corrected chi connectivity index (χ0v) is 19.8. The van der Waals surface area contributed by atoms with Crippen LogP contribution in [0.15, 0.2) is 65.8 Å². The number of anilines is 1. The van der Waals surface area contributed by atoms with Crippen molar-refractivity contribution in [3.8, 4) is 0 Å². The van der Waals surface area contributed by atoms with Crippen LogP contribution in [0.4, 0.5) is 5.69 Å². The maximum absolute atomic E-state index is 12.6. The zero-order valence-electron chi connectivity index (χ0n) is 18.2. The van der Waals surface area contributed by atoms with Crippen LogP contribution in [0.1, 0.15) is 35.0 Å². The van der Waals surface area contributed by atoms with Crippen LogP contribution in [-0.4, -0.2) is 28.6 Å². The maximum atomic E-state index is 12.6. The van der Waals surface area contributed by atoms with Gasteiger partial charge < -0.3 is 10.4 Å². The smallest absolute Gasteiger partial charge is 0.307 e. The van der Waals surface area contributed by atoms with Gasteiger partial charge >= 0.3 is 5.97 Å². The van der Waals surface area contributed by atoms with Gasteiger partial charge in [-0.05, 0) is 43.5 Å². The lowest BCUT2D eigenvalue weighted by Gasteiger charge is -2.24. The van der Waals surface area contributed by atoms with Crippen LogP contribution in [0.5, 0.6) is 0 Å². The molecule has 0 unspecified atom stereocenters. The van der Waals surface area contributed by atoms with E-state index in [0.717, 1.165) is 15.6 Å². The number of amides is 2. The summed E-state index contributed by atoms with van der Waals surface area (Å²) in [6, 6.07) is 14.5. The number of nitrogens with zero attached hydrogens (tertiary/aromatic N) is 1. The minimum atomic E-state index is -0.967. The van der Waals surface area contributed by atoms with Crippen LogP contribution in [0.25, 0.3) is 10.1 Å². The number of hydrogen-bond acceptors (Lipinski definition) is 5. The fourth-order valence-electron chi connectivity index (χ4n) is 3.82. The molecule has 0 fully saturated rings. The standard InChI is InChI=1S/C25H22ClN3O4S/c1-14(28-29-24(31)22-21(26)19-8-4-5-9-20(19)34-22)15-10-12-16(13-11-15)27-23(30)17-6-2-3-7-18(17)25(32)33/h2-5,8-13,17-18H,6-7H2,1H3,(H,27,30)(H,29,31)(H,32,33)/b28-14-/t17-,18+/m1/s1. The number of benzene rings is 2. The number of carboxylic acids is 1. The average molecular weight is 496 g/mol. The molecule has 1 heterocycles. The van der Waals surface area contributed by atoms with E-state index in [2.05, 4.69) is 15.8 Å². The van der Waals surface area contributed by atoms with Gasteiger partial charge in [-0.2, -0.15) is 5.10 Å². The SMILES string of the molecule is C/C(=N/NC(=O)c1sc2ccccc2c1Cl)c1ccc(NC(=O)[C@@H]2CC=CC[C@@H]2C(=O)O)cc1. The Kier molecular flexibility index (Phi) is 7.09. The van der Waals surface area contributed by atoms with Crippen molar-refractivity contribution in [2.75, 3.05) is 5.32 Å². The molecule has 9 heteroatoms. The van der Waals surface area contributed by atoms with Crippen molar-refractivity contribution in [2.45, 2.75) is 19.8 Å². The Balaban J connectivity index is 1.40. The van der Waals surface area contributed by atoms with Gasteiger partial charge in [-0.3, -0.25) is 14.4 Å². The van der Waals surface area contributed by atoms with E-state index in [0.29, 0.717) is 34.1 Å². The first-order chi connectivity index (χ1) is 16.3. The number of allylic oxidation sites excluding steroid dienone is 2. The predicted octanol–water partition coefficient (Wildman–Crippen LogP) is 5.31. The Morgan fingerprint density at radius 2 is 1.71 bits per heavy atom. The van der Waals surface area contributed by atoms with Gasteiger partial charge in [-0.1, -0.05) is 54.1 Å². The van der Waals surface area contributed by atoms with E-state index in [9.17, 15) is 19.5 Å². The Labute approximate surface area is 205 Å². The van der Waals surface area contributed by atoms with E-state index in [-0.39, 0.29) is 11.8 Å². The first-order valence-corrected chi connectivity index (χ1v) is 11.9. The summed E-state index contributed by atoms with van der Waals surface area (Å²) in [5.74, 6) is -3.00. The molecule has 3 aromatic rings. The summed E-state index contributed by atoms with van der Waals surface area (Å²) < 4.78 is 0.926. The third-order valence-electron chi connectivity index (χ3n) is 5.72. The summed E-state index contributed by atoms with van der Waals surface area (Å²) in [4.78, 5) is 37.0. The molecular weight excluding hydrogens is 474 g/mol. The predicted molar refractivity (Wildman–Crippen MR) is 135 cm³/mol. The summed E-state index contributed by atoms with van der Waals surface area (Å²) in [7, 11) is 0. The number of carboxylic acid groups (broad SMARTS) is 1.